The lowest BCUT2D eigenvalue weighted by Gasteiger charge is -2.11. The average Bonchev–Trinajstić information content (AvgIpc) is 2.98. The van der Waals surface area contributed by atoms with Gasteiger partial charge in [-0.25, -0.2) is 9.78 Å². The van der Waals surface area contributed by atoms with E-state index >= 15 is 0 Å². The first-order valence-electron chi connectivity index (χ1n) is 6.60. The van der Waals surface area contributed by atoms with Crippen LogP contribution in [0.1, 0.15) is 45.7 Å². The number of nitrogens with one attached hydrogen (secondary N) is 1. The number of thiazole rings is 1. The minimum atomic E-state index is -0.443. The third-order valence-electron chi connectivity index (χ3n) is 2.76. The number of hydrogen-bond acceptors (Lipinski definition) is 5. The van der Waals surface area contributed by atoms with Gasteiger partial charge in [-0.3, -0.25) is 4.79 Å². The molecule has 1 atom stereocenters. The summed E-state index contributed by atoms with van der Waals surface area (Å²) in [5, 5.41) is 5.16. The highest BCUT2D eigenvalue weighted by Crippen LogP contribution is 2.19. The minimum absolute atomic E-state index is 0.170. The van der Waals surface area contributed by atoms with Crippen LogP contribution in [0.5, 0.6) is 0 Å². The Morgan fingerprint density at radius 2 is 2.05 bits per heavy atom. The highest BCUT2D eigenvalue weighted by Gasteiger charge is 2.17. The van der Waals surface area contributed by atoms with E-state index in [4.69, 9.17) is 4.74 Å². The highest BCUT2D eigenvalue weighted by molar-refractivity contribution is 7.09. The molecule has 1 amide bonds. The van der Waals surface area contributed by atoms with E-state index < -0.39 is 5.97 Å². The SMILES string of the molecule is CCOC(=O)c1csc([C@H](C)NC(=O)c2ccccc2)n1. The van der Waals surface area contributed by atoms with Gasteiger partial charge in [-0.15, -0.1) is 11.3 Å². The average molecular weight is 304 g/mol. The summed E-state index contributed by atoms with van der Waals surface area (Å²) in [5.41, 5.74) is 0.865. The fraction of sp³-hybridized carbons (Fsp3) is 0.267. The van der Waals surface area contributed by atoms with E-state index in [1.165, 1.54) is 11.3 Å². The van der Waals surface area contributed by atoms with Crippen LogP contribution in [0.4, 0.5) is 0 Å². The van der Waals surface area contributed by atoms with Crippen molar-refractivity contribution in [2.24, 2.45) is 0 Å². The molecule has 0 saturated carbocycles. The molecule has 1 N–H and O–H groups in total. The number of rotatable bonds is 5. The molecule has 0 bridgehead atoms. The summed E-state index contributed by atoms with van der Waals surface area (Å²) in [7, 11) is 0. The Hall–Kier alpha value is -2.21. The number of esters is 1. The first-order chi connectivity index (χ1) is 10.1. The number of nitrogens with zero attached hydrogens (tertiary/aromatic N) is 1. The molecule has 2 rings (SSSR count). The van der Waals surface area contributed by atoms with Crippen molar-refractivity contribution in [3.63, 3.8) is 0 Å². The zero-order valence-corrected chi connectivity index (χ0v) is 12.6. The monoisotopic (exact) mass is 304 g/mol. The van der Waals surface area contributed by atoms with Crippen LogP contribution >= 0.6 is 11.3 Å². The van der Waals surface area contributed by atoms with Crippen molar-refractivity contribution in [2.45, 2.75) is 19.9 Å². The molecule has 0 unspecified atom stereocenters. The Labute approximate surface area is 127 Å². The summed E-state index contributed by atoms with van der Waals surface area (Å²) in [6.07, 6.45) is 0. The highest BCUT2D eigenvalue weighted by atomic mass is 32.1. The second-order valence-electron chi connectivity index (χ2n) is 4.35. The van der Waals surface area contributed by atoms with Gasteiger partial charge in [0.2, 0.25) is 0 Å². The van der Waals surface area contributed by atoms with Crippen LogP contribution in [0.2, 0.25) is 0 Å². The van der Waals surface area contributed by atoms with E-state index in [9.17, 15) is 9.59 Å². The van der Waals surface area contributed by atoms with E-state index in [-0.39, 0.29) is 17.6 Å². The third-order valence-corrected chi connectivity index (χ3v) is 3.79. The molecular weight excluding hydrogens is 288 g/mol. The van der Waals surface area contributed by atoms with Crippen LogP contribution in [0, 0.1) is 0 Å². The van der Waals surface area contributed by atoms with Crippen molar-refractivity contribution in [3.8, 4) is 0 Å². The van der Waals surface area contributed by atoms with Gasteiger partial charge in [-0.1, -0.05) is 18.2 Å². The minimum Gasteiger partial charge on any atom is -0.461 e. The second kappa shape index (κ2) is 6.99. The fourth-order valence-electron chi connectivity index (χ4n) is 1.72. The molecule has 0 fully saturated rings. The number of aromatic nitrogens is 1. The summed E-state index contributed by atoms with van der Waals surface area (Å²) >= 11 is 1.32. The Morgan fingerprint density at radius 3 is 2.71 bits per heavy atom. The van der Waals surface area contributed by atoms with Crippen LogP contribution in [0.25, 0.3) is 0 Å². The van der Waals surface area contributed by atoms with Crippen molar-refractivity contribution >= 4 is 23.2 Å². The number of benzene rings is 1. The van der Waals surface area contributed by atoms with Crippen LogP contribution in [0.15, 0.2) is 35.7 Å². The van der Waals surface area contributed by atoms with Gasteiger partial charge in [-0.05, 0) is 26.0 Å². The van der Waals surface area contributed by atoms with E-state index in [0.717, 1.165) is 0 Å². The standard InChI is InChI=1S/C15H16N2O3S/c1-3-20-15(19)12-9-21-14(17-12)10(2)16-13(18)11-7-5-4-6-8-11/h4-10H,3H2,1-2H3,(H,16,18)/t10-/m0/s1. The molecule has 21 heavy (non-hydrogen) atoms. The van der Waals surface area contributed by atoms with Crippen molar-refractivity contribution in [1.82, 2.24) is 10.3 Å². The lowest BCUT2D eigenvalue weighted by molar-refractivity contribution is 0.0520. The molecule has 0 aliphatic rings. The zero-order valence-electron chi connectivity index (χ0n) is 11.8. The van der Waals surface area contributed by atoms with E-state index in [1.54, 1.807) is 24.4 Å². The van der Waals surface area contributed by atoms with E-state index in [0.29, 0.717) is 17.2 Å². The molecule has 0 aliphatic carbocycles. The van der Waals surface area contributed by atoms with Crippen molar-refractivity contribution in [3.05, 3.63) is 52.0 Å². The summed E-state index contributed by atoms with van der Waals surface area (Å²) < 4.78 is 4.89. The summed E-state index contributed by atoms with van der Waals surface area (Å²) in [5.74, 6) is -0.613. The quantitative estimate of drug-likeness (QED) is 0.862. The summed E-state index contributed by atoms with van der Waals surface area (Å²) in [6.45, 7) is 3.88. The first-order valence-corrected chi connectivity index (χ1v) is 7.48. The largest absolute Gasteiger partial charge is 0.461 e. The molecule has 0 saturated heterocycles. The van der Waals surface area contributed by atoms with Crippen LogP contribution in [-0.2, 0) is 4.74 Å². The number of hydrogen-bond donors (Lipinski definition) is 1. The molecule has 0 spiro atoms. The van der Waals surface area contributed by atoms with Crippen LogP contribution in [0.3, 0.4) is 0 Å². The van der Waals surface area contributed by atoms with Gasteiger partial charge in [0.15, 0.2) is 5.69 Å². The molecule has 5 nitrogen and oxygen atoms in total. The molecule has 1 heterocycles. The van der Waals surface area contributed by atoms with Gasteiger partial charge in [0, 0.05) is 10.9 Å². The number of carbonyl (C=O) groups is 2. The van der Waals surface area contributed by atoms with E-state index in [2.05, 4.69) is 10.3 Å². The van der Waals surface area contributed by atoms with Gasteiger partial charge in [-0.2, -0.15) is 0 Å². The van der Waals surface area contributed by atoms with Gasteiger partial charge in [0.1, 0.15) is 5.01 Å². The molecule has 2 aromatic rings. The lowest BCUT2D eigenvalue weighted by atomic mass is 10.2. The Balaban J connectivity index is 2.02. The Kier molecular flexibility index (Phi) is 5.05. The van der Waals surface area contributed by atoms with Gasteiger partial charge < -0.3 is 10.1 Å². The molecule has 110 valence electrons. The topological polar surface area (TPSA) is 68.3 Å². The number of carbonyl (C=O) groups excluding carboxylic acids is 2. The zero-order chi connectivity index (χ0) is 15.2. The predicted octanol–water partition coefficient (Wildman–Crippen LogP) is 2.81. The Bertz CT molecular complexity index is 625. The Morgan fingerprint density at radius 1 is 1.33 bits per heavy atom. The second-order valence-corrected chi connectivity index (χ2v) is 5.24. The summed E-state index contributed by atoms with van der Waals surface area (Å²) in [4.78, 5) is 27.8. The van der Waals surface area contributed by atoms with Crippen molar-refractivity contribution < 1.29 is 14.3 Å². The number of ether oxygens (including phenoxy) is 1. The maximum Gasteiger partial charge on any atom is 0.357 e. The molecule has 1 aromatic heterocycles. The van der Waals surface area contributed by atoms with Crippen molar-refractivity contribution in [1.29, 1.82) is 0 Å². The predicted molar refractivity (Wildman–Crippen MR) is 80.4 cm³/mol. The van der Waals surface area contributed by atoms with Gasteiger partial charge >= 0.3 is 5.97 Å². The summed E-state index contributed by atoms with van der Waals surface area (Å²) in [6, 6.07) is 8.68. The normalized spacial score (nSPS) is 11.7. The molecule has 1 aromatic carbocycles. The molecule has 0 aliphatic heterocycles. The van der Waals surface area contributed by atoms with E-state index in [1.807, 2.05) is 25.1 Å². The van der Waals surface area contributed by atoms with Crippen LogP contribution < -0.4 is 5.32 Å². The maximum atomic E-state index is 12.0. The fourth-order valence-corrected chi connectivity index (χ4v) is 2.51. The smallest absolute Gasteiger partial charge is 0.357 e. The first kappa shape index (κ1) is 15.2. The van der Waals surface area contributed by atoms with Gasteiger partial charge in [0.25, 0.3) is 5.91 Å². The maximum absolute atomic E-state index is 12.0. The molecular formula is C15H16N2O3S. The van der Waals surface area contributed by atoms with Gasteiger partial charge in [0.05, 0.1) is 12.6 Å². The molecule has 6 heteroatoms. The lowest BCUT2D eigenvalue weighted by Crippen LogP contribution is -2.26. The number of amides is 1. The molecule has 0 radical (unpaired) electrons. The van der Waals surface area contributed by atoms with Crippen LogP contribution in [-0.4, -0.2) is 23.5 Å². The van der Waals surface area contributed by atoms with Crippen molar-refractivity contribution in [2.75, 3.05) is 6.61 Å². The third kappa shape index (κ3) is 3.88.